The normalized spacial score (nSPS) is 12.1. The van der Waals surface area contributed by atoms with Crippen LogP contribution >= 0.6 is 0 Å². The Labute approximate surface area is 161 Å². The van der Waals surface area contributed by atoms with Crippen molar-refractivity contribution in [2.75, 3.05) is 12.3 Å². The van der Waals surface area contributed by atoms with Crippen LogP contribution in [0, 0.1) is 0 Å². The molecule has 0 aliphatic carbocycles. The summed E-state index contributed by atoms with van der Waals surface area (Å²) in [6.45, 7) is -0.189. The van der Waals surface area contributed by atoms with Crippen molar-refractivity contribution in [1.29, 1.82) is 0 Å². The summed E-state index contributed by atoms with van der Waals surface area (Å²) in [7, 11) is -4.10. The van der Waals surface area contributed by atoms with E-state index in [4.69, 9.17) is 15.4 Å². The zero-order valence-corrected chi connectivity index (χ0v) is 15.2. The summed E-state index contributed by atoms with van der Waals surface area (Å²) in [6, 6.07) is 4.83. The summed E-state index contributed by atoms with van der Waals surface area (Å²) in [4.78, 5) is 7.37. The molecule has 0 spiro atoms. The monoisotopic (exact) mass is 430 g/mol. The van der Waals surface area contributed by atoms with E-state index in [-0.39, 0.29) is 45.9 Å². The van der Waals surface area contributed by atoms with Gasteiger partial charge in [-0.3, -0.25) is 0 Å². The molecule has 2 heterocycles. The number of benzene rings is 1. The minimum Gasteiger partial charge on any atom is -0.406 e. The van der Waals surface area contributed by atoms with Crippen LogP contribution in [0.4, 0.5) is 18.9 Å². The Morgan fingerprint density at radius 3 is 2.45 bits per heavy atom. The van der Waals surface area contributed by atoms with E-state index in [9.17, 15) is 21.6 Å². The van der Waals surface area contributed by atoms with Crippen LogP contribution in [-0.2, 0) is 16.3 Å². The van der Waals surface area contributed by atoms with E-state index >= 15 is 0 Å². The number of rotatable bonds is 6. The summed E-state index contributed by atoms with van der Waals surface area (Å²) in [5, 5.41) is 12.5. The van der Waals surface area contributed by atoms with Crippen LogP contribution in [0.1, 0.15) is 5.82 Å². The highest BCUT2D eigenvalue weighted by molar-refractivity contribution is 7.91. The molecule has 13 heteroatoms. The lowest BCUT2D eigenvalue weighted by Gasteiger charge is -2.10. The van der Waals surface area contributed by atoms with Crippen molar-refractivity contribution in [3.8, 4) is 17.3 Å². The van der Waals surface area contributed by atoms with E-state index in [1.165, 1.54) is 0 Å². The molecule has 9 nitrogen and oxygen atoms in total. The molecule has 0 saturated heterocycles. The Kier molecular flexibility index (Phi) is 5.44. The lowest BCUT2D eigenvalue weighted by Crippen LogP contribution is -2.17. The second-order valence-corrected chi connectivity index (χ2v) is 7.57. The zero-order chi connectivity index (χ0) is 21.2. The van der Waals surface area contributed by atoms with Gasteiger partial charge in [0.25, 0.3) is 5.89 Å². The highest BCUT2D eigenvalue weighted by Gasteiger charge is 2.31. The van der Waals surface area contributed by atoms with Gasteiger partial charge in [-0.2, -0.15) is 4.98 Å². The van der Waals surface area contributed by atoms with Crippen LogP contribution < -0.4 is 10.5 Å². The smallest absolute Gasteiger partial charge is 0.406 e. The van der Waals surface area contributed by atoms with Gasteiger partial charge < -0.3 is 20.1 Å². The van der Waals surface area contributed by atoms with Crippen LogP contribution in [0.3, 0.4) is 0 Å². The van der Waals surface area contributed by atoms with E-state index in [2.05, 4.69) is 19.9 Å². The van der Waals surface area contributed by atoms with Crippen LogP contribution in [0.5, 0.6) is 5.75 Å². The first kappa shape index (κ1) is 20.5. The van der Waals surface area contributed by atoms with Crippen molar-refractivity contribution in [2.24, 2.45) is 0 Å². The molecule has 0 atom stereocenters. The summed E-state index contributed by atoms with van der Waals surface area (Å²) < 4.78 is 70.7. The summed E-state index contributed by atoms with van der Waals surface area (Å²) in [6.07, 6.45) is -3.72. The molecule has 0 amide bonds. The van der Waals surface area contributed by atoms with Crippen LogP contribution in [0.15, 0.2) is 50.8 Å². The number of nitrogen functional groups attached to an aromatic ring is 1. The van der Waals surface area contributed by atoms with E-state index in [1.54, 1.807) is 0 Å². The maximum Gasteiger partial charge on any atom is 0.573 e. The molecule has 3 rings (SSSR count). The number of hydrogen-bond donors (Lipinski definition) is 2. The van der Waals surface area contributed by atoms with Crippen molar-refractivity contribution < 1.29 is 36.0 Å². The number of halogens is 3. The number of aliphatic hydroxyl groups is 1. The molecule has 0 radical (unpaired) electrons. The first-order valence-electron chi connectivity index (χ1n) is 7.90. The van der Waals surface area contributed by atoms with Gasteiger partial charge in [-0.15, -0.1) is 13.2 Å². The predicted molar refractivity (Wildman–Crippen MR) is 91.3 cm³/mol. The first-order valence-corrected chi connectivity index (χ1v) is 9.39. The van der Waals surface area contributed by atoms with Gasteiger partial charge >= 0.3 is 6.36 Å². The van der Waals surface area contributed by atoms with Gasteiger partial charge in [0, 0.05) is 12.6 Å². The average molecular weight is 430 g/mol. The van der Waals surface area contributed by atoms with Crippen molar-refractivity contribution in [2.45, 2.75) is 22.6 Å². The number of pyridine rings is 1. The van der Waals surface area contributed by atoms with Crippen LogP contribution in [0.25, 0.3) is 11.6 Å². The molecule has 1 aromatic carbocycles. The Morgan fingerprint density at radius 2 is 1.86 bits per heavy atom. The van der Waals surface area contributed by atoms with Crippen LogP contribution in [0.2, 0.25) is 0 Å². The third-order valence-electron chi connectivity index (χ3n) is 3.58. The molecule has 0 fully saturated rings. The number of anilines is 1. The molecule has 2 aromatic heterocycles. The largest absolute Gasteiger partial charge is 0.573 e. The lowest BCUT2D eigenvalue weighted by molar-refractivity contribution is -0.274. The standard InChI is InChI=1S/C16H13F3N4O5S/c17-16(18,19)27-9-1-3-10(4-2-9)29(25,26)11-7-12(20)14(21-8-11)15-22-13(5-6-24)23-28-15/h1-4,7-8,24H,5-6,20H2. The van der Waals surface area contributed by atoms with E-state index in [0.29, 0.717) is 0 Å². The Morgan fingerprint density at radius 1 is 1.17 bits per heavy atom. The third kappa shape index (κ3) is 4.63. The number of alkyl halides is 3. The number of nitrogens with zero attached hydrogens (tertiary/aromatic N) is 3. The molecule has 3 aromatic rings. The molecular formula is C16H13F3N4O5S. The Hall–Kier alpha value is -3.19. The highest BCUT2D eigenvalue weighted by Crippen LogP contribution is 2.29. The first-order chi connectivity index (χ1) is 13.6. The molecule has 0 aliphatic heterocycles. The Balaban J connectivity index is 1.88. The van der Waals surface area contributed by atoms with E-state index < -0.39 is 21.9 Å². The third-order valence-corrected chi connectivity index (χ3v) is 5.31. The molecule has 0 bridgehead atoms. The number of hydrogen-bond acceptors (Lipinski definition) is 9. The minimum absolute atomic E-state index is 0.0505. The molecule has 0 saturated carbocycles. The Bertz CT molecular complexity index is 1110. The summed E-state index contributed by atoms with van der Waals surface area (Å²) in [5.41, 5.74) is 5.84. The van der Waals surface area contributed by atoms with Crippen molar-refractivity contribution in [3.05, 3.63) is 42.4 Å². The lowest BCUT2D eigenvalue weighted by atomic mass is 10.3. The predicted octanol–water partition coefficient (Wildman–Crippen LogP) is 1.98. The number of aromatic nitrogens is 3. The molecule has 3 N–H and O–H groups in total. The van der Waals surface area contributed by atoms with Crippen molar-refractivity contribution in [1.82, 2.24) is 15.1 Å². The maximum atomic E-state index is 12.7. The zero-order valence-electron chi connectivity index (χ0n) is 14.4. The highest BCUT2D eigenvalue weighted by atomic mass is 32.2. The number of ether oxygens (including phenoxy) is 1. The SMILES string of the molecule is Nc1cc(S(=O)(=O)c2ccc(OC(F)(F)F)cc2)cnc1-c1nc(CCO)no1. The van der Waals surface area contributed by atoms with Gasteiger partial charge in [0.1, 0.15) is 5.75 Å². The van der Waals surface area contributed by atoms with E-state index in [1.807, 2.05) is 0 Å². The van der Waals surface area contributed by atoms with Gasteiger partial charge in [-0.1, -0.05) is 5.16 Å². The fourth-order valence-electron chi connectivity index (χ4n) is 2.30. The fraction of sp³-hybridized carbons (Fsp3) is 0.188. The van der Waals surface area contributed by atoms with Crippen LogP contribution in [-0.4, -0.2) is 41.6 Å². The van der Waals surface area contributed by atoms with Gasteiger partial charge in [-0.05, 0) is 30.3 Å². The topological polar surface area (TPSA) is 141 Å². The minimum atomic E-state index is -4.89. The average Bonchev–Trinajstić information content (AvgIpc) is 3.09. The molecule has 29 heavy (non-hydrogen) atoms. The molecular weight excluding hydrogens is 417 g/mol. The van der Waals surface area contributed by atoms with Crippen molar-refractivity contribution in [3.63, 3.8) is 0 Å². The van der Waals surface area contributed by atoms with Crippen molar-refractivity contribution >= 4 is 15.5 Å². The van der Waals surface area contributed by atoms with Gasteiger partial charge in [-0.25, -0.2) is 13.4 Å². The second-order valence-electron chi connectivity index (χ2n) is 5.62. The summed E-state index contributed by atoms with van der Waals surface area (Å²) in [5.74, 6) is -0.385. The molecule has 0 unspecified atom stereocenters. The maximum absolute atomic E-state index is 12.7. The van der Waals surface area contributed by atoms with Gasteiger partial charge in [0.05, 0.1) is 22.1 Å². The number of nitrogens with two attached hydrogens (primary N) is 1. The quantitative estimate of drug-likeness (QED) is 0.600. The second kappa shape index (κ2) is 7.67. The molecule has 0 aliphatic rings. The summed E-state index contributed by atoms with van der Waals surface area (Å²) >= 11 is 0. The molecule has 154 valence electrons. The van der Waals surface area contributed by atoms with Gasteiger partial charge in [0.2, 0.25) is 9.84 Å². The number of sulfone groups is 1. The number of aliphatic hydroxyl groups excluding tert-OH is 1. The van der Waals surface area contributed by atoms with E-state index in [0.717, 1.165) is 36.5 Å². The van der Waals surface area contributed by atoms with Gasteiger partial charge in [0.15, 0.2) is 11.5 Å². The fourth-order valence-corrected chi connectivity index (χ4v) is 3.54.